The van der Waals surface area contributed by atoms with E-state index >= 15 is 0 Å². The first-order chi connectivity index (χ1) is 17.1. The lowest BCUT2D eigenvalue weighted by Crippen LogP contribution is -2.16. The van der Waals surface area contributed by atoms with Crippen LogP contribution < -0.4 is 10.1 Å². The number of hydrogen-bond acceptors (Lipinski definition) is 6. The summed E-state index contributed by atoms with van der Waals surface area (Å²) in [5.41, 5.74) is 3.72. The maximum atomic E-state index is 12.9. The zero-order valence-electron chi connectivity index (χ0n) is 20.1. The first kappa shape index (κ1) is 24.5. The van der Waals surface area contributed by atoms with E-state index in [0.29, 0.717) is 23.5 Å². The van der Waals surface area contributed by atoms with E-state index in [0.717, 1.165) is 34.7 Å². The number of benzene rings is 2. The lowest BCUT2D eigenvalue weighted by Gasteiger charge is -2.15. The number of rotatable bonds is 10. The van der Waals surface area contributed by atoms with E-state index in [9.17, 15) is 4.79 Å². The molecule has 0 saturated heterocycles. The predicted octanol–water partition coefficient (Wildman–Crippen LogP) is 5.97. The quantitative estimate of drug-likeness (QED) is 0.278. The third kappa shape index (κ3) is 5.89. The highest BCUT2D eigenvalue weighted by Gasteiger charge is 2.18. The summed E-state index contributed by atoms with van der Waals surface area (Å²) in [6, 6.07) is 19.5. The van der Waals surface area contributed by atoms with Gasteiger partial charge in [0.1, 0.15) is 5.75 Å². The van der Waals surface area contributed by atoms with Crippen molar-refractivity contribution in [1.29, 1.82) is 0 Å². The van der Waals surface area contributed by atoms with Crippen LogP contribution >= 0.6 is 11.8 Å². The molecular weight excluding hydrogens is 458 g/mol. The molecule has 180 valence electrons. The molecule has 1 N–H and O–H groups in total. The monoisotopic (exact) mass is 487 g/mol. The molecule has 0 aliphatic heterocycles. The lowest BCUT2D eigenvalue weighted by atomic mass is 9.97. The van der Waals surface area contributed by atoms with Crippen LogP contribution in [0.2, 0.25) is 0 Å². The van der Waals surface area contributed by atoms with Crippen molar-refractivity contribution < 1.29 is 9.53 Å². The molecule has 0 saturated carbocycles. The number of nitrogens with zero attached hydrogens (tertiary/aromatic N) is 4. The van der Waals surface area contributed by atoms with Gasteiger partial charge in [-0.3, -0.25) is 14.3 Å². The molecule has 0 fully saturated rings. The number of amides is 1. The van der Waals surface area contributed by atoms with Crippen molar-refractivity contribution in [3.05, 3.63) is 78.6 Å². The Kier molecular flexibility index (Phi) is 8.15. The smallest absolute Gasteiger partial charge is 0.234 e. The molecule has 7 nitrogen and oxygen atoms in total. The molecule has 0 bridgehead atoms. The molecule has 0 radical (unpaired) electrons. The van der Waals surface area contributed by atoms with Crippen LogP contribution in [0.1, 0.15) is 38.7 Å². The Morgan fingerprint density at radius 2 is 1.86 bits per heavy atom. The van der Waals surface area contributed by atoms with Crippen LogP contribution in [0.15, 0.2) is 78.2 Å². The van der Waals surface area contributed by atoms with Crippen LogP contribution in [0.25, 0.3) is 17.1 Å². The summed E-state index contributed by atoms with van der Waals surface area (Å²) in [7, 11) is 0. The number of carbonyl (C=O) groups excluding carboxylic acids is 1. The fourth-order valence-electron chi connectivity index (χ4n) is 3.71. The van der Waals surface area contributed by atoms with Crippen molar-refractivity contribution in [3.8, 4) is 22.8 Å². The molecular formula is C27H29N5O2S. The van der Waals surface area contributed by atoms with Crippen molar-refractivity contribution in [3.63, 3.8) is 0 Å². The second kappa shape index (κ2) is 11.7. The van der Waals surface area contributed by atoms with Crippen molar-refractivity contribution in [1.82, 2.24) is 19.7 Å². The minimum absolute atomic E-state index is 0.0880. The van der Waals surface area contributed by atoms with Crippen molar-refractivity contribution in [2.24, 2.45) is 0 Å². The average molecular weight is 488 g/mol. The molecule has 1 atom stereocenters. The van der Waals surface area contributed by atoms with Crippen LogP contribution in [-0.4, -0.2) is 38.0 Å². The molecule has 8 heteroatoms. The molecule has 0 spiro atoms. The number of pyridine rings is 1. The largest absolute Gasteiger partial charge is 0.494 e. The van der Waals surface area contributed by atoms with E-state index in [2.05, 4.69) is 40.4 Å². The molecule has 4 aromatic rings. The Balaban J connectivity index is 1.57. The number of ether oxygens (including phenoxy) is 1. The third-order valence-electron chi connectivity index (χ3n) is 5.67. The maximum Gasteiger partial charge on any atom is 0.234 e. The van der Waals surface area contributed by atoms with E-state index in [-0.39, 0.29) is 11.7 Å². The van der Waals surface area contributed by atoms with Crippen LogP contribution in [0, 0.1) is 0 Å². The number of carbonyl (C=O) groups is 1. The molecule has 2 aromatic heterocycles. The Morgan fingerprint density at radius 1 is 1.06 bits per heavy atom. The van der Waals surface area contributed by atoms with E-state index in [1.54, 1.807) is 12.4 Å². The second-order valence-corrected chi connectivity index (χ2v) is 8.99. The number of para-hydroxylation sites is 1. The van der Waals surface area contributed by atoms with E-state index < -0.39 is 0 Å². The van der Waals surface area contributed by atoms with Gasteiger partial charge < -0.3 is 10.1 Å². The van der Waals surface area contributed by atoms with Gasteiger partial charge in [-0.05, 0) is 67.3 Å². The van der Waals surface area contributed by atoms with E-state index in [4.69, 9.17) is 4.74 Å². The topological polar surface area (TPSA) is 81.9 Å². The summed E-state index contributed by atoms with van der Waals surface area (Å²) in [5, 5.41) is 12.5. The maximum absolute atomic E-state index is 12.9. The number of aromatic nitrogens is 4. The molecule has 0 unspecified atom stereocenters. The number of thioether (sulfide) groups is 1. The van der Waals surface area contributed by atoms with Gasteiger partial charge in [-0.2, -0.15) is 0 Å². The molecule has 2 heterocycles. The first-order valence-electron chi connectivity index (χ1n) is 11.7. The molecule has 1 amide bonds. The van der Waals surface area contributed by atoms with Gasteiger partial charge in [-0.15, -0.1) is 10.2 Å². The van der Waals surface area contributed by atoms with Gasteiger partial charge in [-0.1, -0.05) is 43.8 Å². The van der Waals surface area contributed by atoms with Crippen LogP contribution in [0.3, 0.4) is 0 Å². The van der Waals surface area contributed by atoms with Gasteiger partial charge in [0.15, 0.2) is 11.0 Å². The average Bonchev–Trinajstić information content (AvgIpc) is 3.32. The van der Waals surface area contributed by atoms with Crippen LogP contribution in [0.4, 0.5) is 5.69 Å². The number of nitrogens with one attached hydrogen (secondary N) is 1. The molecule has 4 rings (SSSR count). The fourth-order valence-corrected chi connectivity index (χ4v) is 4.47. The van der Waals surface area contributed by atoms with Gasteiger partial charge >= 0.3 is 0 Å². The molecule has 0 aliphatic carbocycles. The number of anilines is 1. The summed E-state index contributed by atoms with van der Waals surface area (Å²) in [5.74, 6) is 1.93. The highest BCUT2D eigenvalue weighted by atomic mass is 32.2. The highest BCUT2D eigenvalue weighted by molar-refractivity contribution is 7.99. The Labute approximate surface area is 210 Å². The predicted molar refractivity (Wildman–Crippen MR) is 140 cm³/mol. The Bertz CT molecular complexity index is 1260. The van der Waals surface area contributed by atoms with Crippen molar-refractivity contribution in [2.75, 3.05) is 17.7 Å². The number of hydrogen-bond donors (Lipinski definition) is 1. The molecule has 2 aromatic carbocycles. The standard InChI is InChI=1S/C27H29N5O2S/c1-4-19(3)23-10-6-7-11-24(23)29-25(33)18-35-27-31-30-26(20-9-8-16-28-17-20)32(27)21-12-14-22(15-13-21)34-5-2/h6-17,19H,4-5,18H2,1-3H3,(H,29,33)/t19-/m0/s1. The molecule has 35 heavy (non-hydrogen) atoms. The van der Waals surface area contributed by atoms with Gasteiger partial charge in [0.25, 0.3) is 0 Å². The highest BCUT2D eigenvalue weighted by Crippen LogP contribution is 2.30. The normalized spacial score (nSPS) is 11.7. The Hall–Kier alpha value is -3.65. The van der Waals surface area contributed by atoms with Gasteiger partial charge in [0, 0.05) is 29.3 Å². The van der Waals surface area contributed by atoms with E-state index in [1.165, 1.54) is 11.8 Å². The molecule has 0 aliphatic rings. The van der Waals surface area contributed by atoms with Crippen LogP contribution in [0.5, 0.6) is 5.75 Å². The summed E-state index contributed by atoms with van der Waals surface area (Å²) in [6.07, 6.45) is 4.48. The Morgan fingerprint density at radius 3 is 2.57 bits per heavy atom. The SMILES string of the molecule is CCOc1ccc(-n2c(SCC(=O)Nc3ccccc3[C@@H](C)CC)nnc2-c2cccnc2)cc1. The van der Waals surface area contributed by atoms with Gasteiger partial charge in [0.2, 0.25) is 5.91 Å². The minimum atomic E-state index is -0.0880. The third-order valence-corrected chi connectivity index (χ3v) is 6.60. The van der Waals surface area contributed by atoms with Gasteiger partial charge in [-0.25, -0.2) is 0 Å². The van der Waals surface area contributed by atoms with Crippen molar-refractivity contribution in [2.45, 2.75) is 38.3 Å². The fraction of sp³-hybridized carbons (Fsp3) is 0.259. The summed E-state index contributed by atoms with van der Waals surface area (Å²) >= 11 is 1.34. The van der Waals surface area contributed by atoms with E-state index in [1.807, 2.05) is 66.1 Å². The van der Waals surface area contributed by atoms with Crippen LogP contribution in [-0.2, 0) is 4.79 Å². The van der Waals surface area contributed by atoms with Gasteiger partial charge in [0.05, 0.1) is 12.4 Å². The zero-order chi connectivity index (χ0) is 24.6. The first-order valence-corrected chi connectivity index (χ1v) is 12.7. The lowest BCUT2D eigenvalue weighted by molar-refractivity contribution is -0.113. The minimum Gasteiger partial charge on any atom is -0.494 e. The summed E-state index contributed by atoms with van der Waals surface area (Å²) < 4.78 is 7.53. The second-order valence-electron chi connectivity index (χ2n) is 8.04. The zero-order valence-corrected chi connectivity index (χ0v) is 21.0. The van der Waals surface area contributed by atoms with Crippen molar-refractivity contribution >= 4 is 23.4 Å². The summed E-state index contributed by atoms with van der Waals surface area (Å²) in [4.78, 5) is 17.1. The summed E-state index contributed by atoms with van der Waals surface area (Å²) in [6.45, 7) is 6.87.